The predicted molar refractivity (Wildman–Crippen MR) is 50.9 cm³/mol. The Morgan fingerprint density at radius 1 is 1.08 bits per heavy atom. The summed E-state index contributed by atoms with van der Waals surface area (Å²) in [5.41, 5.74) is 0.788. The van der Waals surface area contributed by atoms with E-state index in [-0.39, 0.29) is 35.5 Å². The van der Waals surface area contributed by atoms with E-state index in [0.717, 1.165) is 0 Å². The van der Waals surface area contributed by atoms with Crippen LogP contribution in [-0.2, 0) is 0 Å². The number of hydrogen-bond donors (Lipinski definition) is 1. The van der Waals surface area contributed by atoms with E-state index in [4.69, 9.17) is 0 Å². The van der Waals surface area contributed by atoms with Crippen molar-refractivity contribution in [2.24, 2.45) is 5.41 Å². The summed E-state index contributed by atoms with van der Waals surface area (Å²) >= 11 is 0. The van der Waals surface area contributed by atoms with E-state index in [2.05, 4.69) is 33.0 Å². The van der Waals surface area contributed by atoms with Crippen molar-refractivity contribution in [2.75, 3.05) is 6.54 Å². The van der Waals surface area contributed by atoms with Crippen molar-refractivity contribution in [2.45, 2.75) is 46.1 Å². The molecule has 0 aromatic heterocycles. The summed E-state index contributed by atoms with van der Waals surface area (Å²) in [6.45, 7) is 10.5. The Bertz CT molecular complexity index is 118. The standard InChI is InChI=1S/C9H19N.ClH.Mg/c1-8(2)6-5-7-10-9(8,3)4;;/h10H,5-7H2,1-4H3;1H;/q;;+2/p-1. The Morgan fingerprint density at radius 3 is 1.83 bits per heavy atom. The van der Waals surface area contributed by atoms with E-state index < -0.39 is 0 Å². The average molecular weight is 201 g/mol. The molecule has 0 spiro atoms. The van der Waals surface area contributed by atoms with Gasteiger partial charge in [-0.2, -0.15) is 0 Å². The Labute approximate surface area is 98.6 Å². The molecule has 1 saturated heterocycles. The summed E-state index contributed by atoms with van der Waals surface area (Å²) in [5.74, 6) is 0. The summed E-state index contributed by atoms with van der Waals surface area (Å²) in [7, 11) is 0. The molecule has 12 heavy (non-hydrogen) atoms. The van der Waals surface area contributed by atoms with Crippen molar-refractivity contribution >= 4 is 23.1 Å². The minimum atomic E-state index is 0. The minimum Gasteiger partial charge on any atom is -1.00 e. The molecule has 1 N–H and O–H groups in total. The number of halogens is 1. The van der Waals surface area contributed by atoms with E-state index in [0.29, 0.717) is 11.0 Å². The predicted octanol–water partition coefficient (Wildman–Crippen LogP) is -1.20. The molecular formula is C9H19ClMgN+. The molecule has 1 heterocycles. The third kappa shape index (κ3) is 3.06. The van der Waals surface area contributed by atoms with Crippen LogP contribution in [0.15, 0.2) is 0 Å². The quantitative estimate of drug-likeness (QED) is 0.485. The summed E-state index contributed by atoms with van der Waals surface area (Å²) in [6.07, 6.45) is 2.68. The molecule has 1 aliphatic rings. The van der Waals surface area contributed by atoms with Crippen LogP contribution in [-0.4, -0.2) is 35.1 Å². The zero-order chi connectivity index (χ0) is 7.83. The van der Waals surface area contributed by atoms with Crippen LogP contribution in [0, 0.1) is 5.41 Å². The molecule has 0 saturated carbocycles. The van der Waals surface area contributed by atoms with Crippen molar-refractivity contribution in [1.29, 1.82) is 0 Å². The third-order valence-electron chi connectivity index (χ3n) is 3.24. The van der Waals surface area contributed by atoms with Gasteiger partial charge in [0.05, 0.1) is 0 Å². The zero-order valence-corrected chi connectivity index (χ0v) is 10.9. The van der Waals surface area contributed by atoms with Gasteiger partial charge in [-0.05, 0) is 38.6 Å². The van der Waals surface area contributed by atoms with Crippen molar-refractivity contribution in [3.05, 3.63) is 0 Å². The maximum absolute atomic E-state index is 3.55. The molecule has 0 radical (unpaired) electrons. The Hall–Kier alpha value is 1.02. The van der Waals surface area contributed by atoms with Crippen LogP contribution < -0.4 is 17.7 Å². The number of piperidine rings is 1. The molecular weight excluding hydrogens is 182 g/mol. The minimum absolute atomic E-state index is 0. The fraction of sp³-hybridized carbons (Fsp3) is 1.00. The van der Waals surface area contributed by atoms with Crippen LogP contribution in [0.3, 0.4) is 0 Å². The molecule has 0 aliphatic carbocycles. The Kier molecular flexibility index (Phi) is 6.50. The normalized spacial score (nSPS) is 25.0. The molecule has 0 aromatic rings. The summed E-state index contributed by atoms with van der Waals surface area (Å²) in [6, 6.07) is 0. The SMILES string of the molecule is CC1(C)CCCNC1(C)C.[Cl-].[Mg+2]. The largest absolute Gasteiger partial charge is 2.00 e. The summed E-state index contributed by atoms with van der Waals surface area (Å²) < 4.78 is 0. The summed E-state index contributed by atoms with van der Waals surface area (Å²) in [5, 5.41) is 3.55. The molecule has 1 fully saturated rings. The molecule has 0 aromatic carbocycles. The fourth-order valence-corrected chi connectivity index (χ4v) is 1.48. The molecule has 68 valence electrons. The Balaban J connectivity index is 0. The second-order valence-corrected chi connectivity index (χ2v) is 4.54. The molecule has 1 aliphatic heterocycles. The van der Waals surface area contributed by atoms with Crippen LogP contribution in [0.25, 0.3) is 0 Å². The first-order chi connectivity index (χ1) is 4.46. The maximum atomic E-state index is 3.55. The van der Waals surface area contributed by atoms with Gasteiger partial charge in [0.1, 0.15) is 0 Å². The van der Waals surface area contributed by atoms with Gasteiger partial charge < -0.3 is 17.7 Å². The summed E-state index contributed by atoms with van der Waals surface area (Å²) in [4.78, 5) is 0. The van der Waals surface area contributed by atoms with Crippen molar-refractivity contribution in [1.82, 2.24) is 5.32 Å². The monoisotopic (exact) mass is 200 g/mol. The van der Waals surface area contributed by atoms with Gasteiger partial charge in [-0.3, -0.25) is 0 Å². The molecule has 1 rings (SSSR count). The van der Waals surface area contributed by atoms with Crippen LogP contribution in [0.5, 0.6) is 0 Å². The van der Waals surface area contributed by atoms with Crippen LogP contribution in [0.1, 0.15) is 40.5 Å². The third-order valence-corrected chi connectivity index (χ3v) is 3.24. The van der Waals surface area contributed by atoms with E-state index in [1.54, 1.807) is 0 Å². The zero-order valence-electron chi connectivity index (χ0n) is 8.71. The van der Waals surface area contributed by atoms with E-state index in [1.807, 2.05) is 0 Å². The van der Waals surface area contributed by atoms with Crippen LogP contribution in [0.4, 0.5) is 0 Å². The molecule has 0 unspecified atom stereocenters. The van der Waals surface area contributed by atoms with E-state index in [1.165, 1.54) is 19.4 Å². The van der Waals surface area contributed by atoms with Gasteiger partial charge >= 0.3 is 23.1 Å². The van der Waals surface area contributed by atoms with Crippen LogP contribution in [0.2, 0.25) is 0 Å². The van der Waals surface area contributed by atoms with Gasteiger partial charge in [0.2, 0.25) is 0 Å². The topological polar surface area (TPSA) is 12.0 Å². The smallest absolute Gasteiger partial charge is 1.00 e. The van der Waals surface area contributed by atoms with Crippen molar-refractivity contribution in [3.8, 4) is 0 Å². The van der Waals surface area contributed by atoms with Crippen LogP contribution >= 0.6 is 0 Å². The number of rotatable bonds is 0. The van der Waals surface area contributed by atoms with Crippen molar-refractivity contribution < 1.29 is 12.4 Å². The van der Waals surface area contributed by atoms with Gasteiger partial charge in [0.15, 0.2) is 0 Å². The average Bonchev–Trinajstić information content (AvgIpc) is 1.77. The molecule has 3 heteroatoms. The molecule has 0 amide bonds. The number of hydrogen-bond acceptors (Lipinski definition) is 1. The number of nitrogens with one attached hydrogen (secondary N) is 1. The molecule has 1 nitrogen and oxygen atoms in total. The van der Waals surface area contributed by atoms with Gasteiger partial charge in [-0.15, -0.1) is 0 Å². The first kappa shape index (κ1) is 15.5. The first-order valence-electron chi connectivity index (χ1n) is 4.21. The molecule has 0 atom stereocenters. The van der Waals surface area contributed by atoms with Gasteiger partial charge in [0, 0.05) is 5.54 Å². The molecule has 0 bridgehead atoms. The van der Waals surface area contributed by atoms with Gasteiger partial charge in [0.25, 0.3) is 0 Å². The fourth-order valence-electron chi connectivity index (χ4n) is 1.48. The van der Waals surface area contributed by atoms with E-state index in [9.17, 15) is 0 Å². The first-order valence-corrected chi connectivity index (χ1v) is 4.21. The Morgan fingerprint density at radius 2 is 1.58 bits per heavy atom. The second-order valence-electron chi connectivity index (χ2n) is 4.54. The van der Waals surface area contributed by atoms with E-state index >= 15 is 0 Å². The van der Waals surface area contributed by atoms with Gasteiger partial charge in [-0.1, -0.05) is 13.8 Å². The maximum Gasteiger partial charge on any atom is 2.00 e. The second kappa shape index (κ2) is 5.04. The van der Waals surface area contributed by atoms with Crippen molar-refractivity contribution in [3.63, 3.8) is 0 Å². The van der Waals surface area contributed by atoms with Gasteiger partial charge in [-0.25, -0.2) is 0 Å².